The minimum Gasteiger partial charge on any atom is -0.369 e. The maximum absolute atomic E-state index is 5.75. The van der Waals surface area contributed by atoms with Crippen molar-refractivity contribution in [2.45, 2.75) is 6.04 Å². The fraction of sp³-hybridized carbons (Fsp3) is 0.200. The average molecular weight is 187 g/mol. The number of hydrogen-bond donors (Lipinski definition) is 1. The summed E-state index contributed by atoms with van der Waals surface area (Å²) in [5.74, 6) is 0.594. The highest BCUT2D eigenvalue weighted by atomic mass is 15.3. The van der Waals surface area contributed by atoms with Crippen LogP contribution in [0.1, 0.15) is 0 Å². The highest BCUT2D eigenvalue weighted by molar-refractivity contribution is 5.89. The van der Waals surface area contributed by atoms with Crippen LogP contribution in [0.5, 0.6) is 0 Å². The van der Waals surface area contributed by atoms with Gasteiger partial charge in [-0.15, -0.1) is 0 Å². The van der Waals surface area contributed by atoms with Crippen molar-refractivity contribution in [3.05, 3.63) is 36.0 Å². The zero-order chi connectivity index (χ0) is 9.71. The molecule has 1 atom stereocenters. The normalized spacial score (nSPS) is 22.9. The molecule has 3 heterocycles. The molecule has 1 aromatic rings. The zero-order valence-corrected chi connectivity index (χ0v) is 7.88. The van der Waals surface area contributed by atoms with Gasteiger partial charge in [0.2, 0.25) is 5.35 Å². The van der Waals surface area contributed by atoms with Gasteiger partial charge in [-0.1, -0.05) is 0 Å². The minimum absolute atomic E-state index is 0.0994. The van der Waals surface area contributed by atoms with Crippen molar-refractivity contribution in [2.75, 3.05) is 7.05 Å². The number of likely N-dealkylation sites (N-methyl/N-ethyl adjacent to an activating group) is 1. The molecule has 0 bridgehead atoms. The molecule has 0 spiro atoms. The second-order valence-corrected chi connectivity index (χ2v) is 3.52. The van der Waals surface area contributed by atoms with E-state index in [1.54, 1.807) is 0 Å². The summed E-state index contributed by atoms with van der Waals surface area (Å²) in [4.78, 5) is 6.30. The van der Waals surface area contributed by atoms with E-state index in [1.807, 2.05) is 30.3 Å². The third-order valence-electron chi connectivity index (χ3n) is 2.71. The van der Waals surface area contributed by atoms with Crippen molar-refractivity contribution in [2.24, 2.45) is 10.7 Å². The highest BCUT2D eigenvalue weighted by Gasteiger charge is 2.34. The Kier molecular flexibility index (Phi) is 1.27. The Hall–Kier alpha value is -1.84. The van der Waals surface area contributed by atoms with E-state index in [2.05, 4.69) is 21.5 Å². The Labute approximate surface area is 81.3 Å². The summed E-state index contributed by atoms with van der Waals surface area (Å²) in [5, 5.41) is 1.17. The molecule has 4 heteroatoms. The van der Waals surface area contributed by atoms with Gasteiger partial charge < -0.3 is 10.6 Å². The number of aromatic nitrogens is 1. The SMILES string of the molecule is CN1C(N)=NC2C=[n+]3ccccc3=C21. The van der Waals surface area contributed by atoms with E-state index in [0.29, 0.717) is 5.96 Å². The lowest BCUT2D eigenvalue weighted by molar-refractivity contribution is -0.522. The monoisotopic (exact) mass is 187 g/mol. The molecule has 0 aromatic carbocycles. The molecule has 14 heavy (non-hydrogen) atoms. The molecule has 0 saturated carbocycles. The van der Waals surface area contributed by atoms with Crippen LogP contribution in [0.2, 0.25) is 0 Å². The van der Waals surface area contributed by atoms with Crippen LogP contribution in [0.15, 0.2) is 29.4 Å². The first-order chi connectivity index (χ1) is 6.77. The van der Waals surface area contributed by atoms with Crippen LogP contribution in [0.4, 0.5) is 0 Å². The van der Waals surface area contributed by atoms with Crippen LogP contribution in [0.3, 0.4) is 0 Å². The first-order valence-corrected chi connectivity index (χ1v) is 4.57. The number of guanidine groups is 1. The lowest BCUT2D eigenvalue weighted by Gasteiger charge is -2.09. The number of hydrogen-bond acceptors (Lipinski definition) is 3. The van der Waals surface area contributed by atoms with Gasteiger partial charge in [0.05, 0.1) is 0 Å². The first-order valence-electron chi connectivity index (χ1n) is 4.57. The van der Waals surface area contributed by atoms with Crippen LogP contribution in [-0.2, 0) is 0 Å². The summed E-state index contributed by atoms with van der Waals surface area (Å²) in [6.07, 6.45) is 4.10. The van der Waals surface area contributed by atoms with E-state index < -0.39 is 0 Å². The van der Waals surface area contributed by atoms with E-state index >= 15 is 0 Å². The Morgan fingerprint density at radius 3 is 3.21 bits per heavy atom. The molecule has 0 fully saturated rings. The maximum atomic E-state index is 5.75. The second kappa shape index (κ2) is 2.35. The van der Waals surface area contributed by atoms with Crippen molar-refractivity contribution in [3.63, 3.8) is 0 Å². The molecule has 0 aliphatic carbocycles. The molecule has 0 radical (unpaired) electrons. The molecule has 1 aromatic heterocycles. The number of nitrogens with two attached hydrogens (primary N) is 1. The molecule has 4 nitrogen and oxygen atoms in total. The summed E-state index contributed by atoms with van der Waals surface area (Å²) >= 11 is 0. The van der Waals surface area contributed by atoms with E-state index in [4.69, 9.17) is 5.73 Å². The van der Waals surface area contributed by atoms with Gasteiger partial charge >= 0.3 is 0 Å². The van der Waals surface area contributed by atoms with Crippen molar-refractivity contribution in [1.82, 2.24) is 4.90 Å². The molecule has 1 unspecified atom stereocenters. The molecule has 0 amide bonds. The van der Waals surface area contributed by atoms with Gasteiger partial charge in [-0.2, -0.15) is 4.24 Å². The van der Waals surface area contributed by atoms with E-state index in [0.717, 1.165) is 0 Å². The Morgan fingerprint density at radius 1 is 1.50 bits per heavy atom. The predicted molar refractivity (Wildman–Crippen MR) is 52.5 cm³/mol. The van der Waals surface area contributed by atoms with Gasteiger partial charge in [0.25, 0.3) is 0 Å². The standard InChI is InChI=1S/C10H11N4/c1-13-9-7(12-10(13)11)6-14-5-3-2-4-8(9)14/h2-7H,1H3,(H2,11,12)/q+1. The summed E-state index contributed by atoms with van der Waals surface area (Å²) in [7, 11) is 1.95. The summed E-state index contributed by atoms with van der Waals surface area (Å²) in [6, 6.07) is 6.21. The molecule has 2 N–H and O–H groups in total. The molecule has 0 saturated heterocycles. The van der Waals surface area contributed by atoms with Gasteiger partial charge in [0.15, 0.2) is 24.4 Å². The van der Waals surface area contributed by atoms with Crippen molar-refractivity contribution in [3.8, 4) is 0 Å². The second-order valence-electron chi connectivity index (χ2n) is 3.52. The third-order valence-corrected chi connectivity index (χ3v) is 2.71. The topological polar surface area (TPSA) is 47.5 Å². The fourth-order valence-corrected chi connectivity index (χ4v) is 1.99. The van der Waals surface area contributed by atoms with Gasteiger partial charge in [-0.05, 0) is 6.07 Å². The molecular weight excluding hydrogens is 176 g/mol. The molecule has 2 aliphatic heterocycles. The van der Waals surface area contributed by atoms with E-state index in [-0.39, 0.29) is 6.04 Å². The molecule has 2 aliphatic rings. The van der Waals surface area contributed by atoms with Gasteiger partial charge in [-0.25, -0.2) is 4.99 Å². The Balaban J connectivity index is 2.37. The number of fused-ring (bicyclic) bond motifs is 2. The van der Waals surface area contributed by atoms with Crippen molar-refractivity contribution >= 4 is 11.7 Å². The lowest BCUT2D eigenvalue weighted by atomic mass is 10.2. The molecule has 70 valence electrons. The summed E-state index contributed by atoms with van der Waals surface area (Å²) in [6.45, 7) is 0. The van der Waals surface area contributed by atoms with Crippen molar-refractivity contribution < 1.29 is 4.24 Å². The van der Waals surface area contributed by atoms with Gasteiger partial charge in [0.1, 0.15) is 5.70 Å². The zero-order valence-electron chi connectivity index (χ0n) is 7.88. The van der Waals surface area contributed by atoms with Crippen molar-refractivity contribution in [1.29, 1.82) is 0 Å². The number of nitrogens with zero attached hydrogens (tertiary/aromatic N) is 3. The fourth-order valence-electron chi connectivity index (χ4n) is 1.99. The minimum atomic E-state index is 0.0994. The van der Waals surface area contributed by atoms with Gasteiger partial charge in [0, 0.05) is 19.2 Å². The number of aliphatic imine (C=N–C) groups is 1. The Morgan fingerprint density at radius 2 is 2.36 bits per heavy atom. The molecule has 3 rings (SSSR count). The van der Waals surface area contributed by atoms with Crippen LogP contribution >= 0.6 is 0 Å². The number of rotatable bonds is 0. The van der Waals surface area contributed by atoms with Crippen LogP contribution in [0.25, 0.3) is 5.70 Å². The number of pyridine rings is 1. The van der Waals surface area contributed by atoms with Crippen LogP contribution in [-0.4, -0.2) is 23.9 Å². The summed E-state index contributed by atoms with van der Waals surface area (Å²) in [5.41, 5.74) is 6.92. The van der Waals surface area contributed by atoms with Gasteiger partial charge in [-0.3, -0.25) is 0 Å². The predicted octanol–water partition coefficient (Wildman–Crippen LogP) is -1.27. The lowest BCUT2D eigenvalue weighted by Crippen LogP contribution is -2.39. The van der Waals surface area contributed by atoms with Crippen LogP contribution in [0, 0.1) is 6.21 Å². The van der Waals surface area contributed by atoms with E-state index in [1.165, 1.54) is 11.0 Å². The largest absolute Gasteiger partial charge is 0.369 e. The third kappa shape index (κ3) is 0.775. The first kappa shape index (κ1) is 7.55. The molecular formula is C10H11N4+. The van der Waals surface area contributed by atoms with Crippen LogP contribution < -0.4 is 15.3 Å². The van der Waals surface area contributed by atoms with E-state index in [9.17, 15) is 0 Å². The highest BCUT2D eigenvalue weighted by Crippen LogP contribution is 2.18. The average Bonchev–Trinajstić information content (AvgIpc) is 2.65. The smallest absolute Gasteiger partial charge is 0.232 e. The maximum Gasteiger partial charge on any atom is 0.232 e. The Bertz CT molecular complexity index is 543. The quantitative estimate of drug-likeness (QED) is 0.515. The summed E-state index contributed by atoms with van der Waals surface area (Å²) < 4.78 is 2.09.